The van der Waals surface area contributed by atoms with Crippen LogP contribution in [0.3, 0.4) is 0 Å². The van der Waals surface area contributed by atoms with Gasteiger partial charge in [-0.15, -0.1) is 11.3 Å². The summed E-state index contributed by atoms with van der Waals surface area (Å²) in [5.41, 5.74) is 1.63. The smallest absolute Gasteiger partial charge is 0.315 e. The molecule has 0 spiro atoms. The molecule has 1 aliphatic heterocycles. The van der Waals surface area contributed by atoms with Crippen LogP contribution in [-0.4, -0.2) is 48.6 Å². The van der Waals surface area contributed by atoms with E-state index >= 15 is 0 Å². The van der Waals surface area contributed by atoms with Gasteiger partial charge in [0.15, 0.2) is 0 Å². The summed E-state index contributed by atoms with van der Waals surface area (Å²) in [5, 5.41) is 0.955. The van der Waals surface area contributed by atoms with Crippen molar-refractivity contribution in [3.8, 4) is 0 Å². The third kappa shape index (κ3) is 4.30. The van der Waals surface area contributed by atoms with Gasteiger partial charge in [-0.25, -0.2) is 4.98 Å². The Morgan fingerprint density at radius 3 is 2.92 bits per heavy atom. The quantitative estimate of drug-likeness (QED) is 0.823. The molecule has 25 heavy (non-hydrogen) atoms. The minimum Gasteiger partial charge on any atom is -0.315 e. The molecule has 1 aromatic heterocycles. The van der Waals surface area contributed by atoms with Crippen LogP contribution in [0.1, 0.15) is 17.8 Å². The molecule has 0 saturated carbocycles. The van der Waals surface area contributed by atoms with Gasteiger partial charge in [-0.3, -0.25) is 9.69 Å². The third-order valence-corrected chi connectivity index (χ3v) is 5.39. The van der Waals surface area contributed by atoms with E-state index in [4.69, 9.17) is 0 Å². The topological polar surface area (TPSA) is 36.4 Å². The lowest BCUT2D eigenvalue weighted by Gasteiger charge is -2.34. The maximum absolute atomic E-state index is 12.8. The molecule has 0 N–H and O–H groups in total. The summed E-state index contributed by atoms with van der Waals surface area (Å²) < 4.78 is 38.8. The van der Waals surface area contributed by atoms with Crippen molar-refractivity contribution < 1.29 is 18.0 Å². The number of anilines is 1. The van der Waals surface area contributed by atoms with Crippen LogP contribution in [0.4, 0.5) is 18.9 Å². The number of hydrogen-bond donors (Lipinski definition) is 0. The van der Waals surface area contributed by atoms with Crippen LogP contribution < -0.4 is 4.90 Å². The molecule has 0 radical (unpaired) electrons. The molecule has 0 aliphatic carbocycles. The number of likely N-dealkylation sites (tertiary alicyclic amines) is 1. The fraction of sp³-hybridized carbons (Fsp3) is 0.529. The summed E-state index contributed by atoms with van der Waals surface area (Å²) in [5.74, 6) is -0.535. The Bertz CT molecular complexity index is 774. The van der Waals surface area contributed by atoms with Gasteiger partial charge in [0, 0.05) is 19.3 Å². The summed E-state index contributed by atoms with van der Waals surface area (Å²) in [6.45, 7) is 1.52. The number of carbonyl (C=O) groups is 1. The number of alkyl halides is 3. The number of halogens is 3. The molecule has 2 heterocycles. The Hall–Kier alpha value is -1.67. The number of hydrogen-bond acceptors (Lipinski definition) is 4. The molecule has 2 aromatic rings. The first-order valence-electron chi connectivity index (χ1n) is 8.17. The zero-order chi connectivity index (χ0) is 18.2. The first-order valence-corrected chi connectivity index (χ1v) is 8.98. The average molecular weight is 371 g/mol. The molecule has 1 aromatic carbocycles. The second-order valence-electron chi connectivity index (χ2n) is 6.47. The number of piperidine rings is 1. The predicted octanol–water partition coefficient (Wildman–Crippen LogP) is 3.84. The normalized spacial score (nSPS) is 19.3. The van der Waals surface area contributed by atoms with Crippen molar-refractivity contribution >= 4 is 33.1 Å². The van der Waals surface area contributed by atoms with E-state index in [2.05, 4.69) is 4.98 Å². The minimum atomic E-state index is -4.23. The zero-order valence-electron chi connectivity index (χ0n) is 14.1. The van der Waals surface area contributed by atoms with Gasteiger partial charge in [-0.1, -0.05) is 0 Å². The summed E-state index contributed by atoms with van der Waals surface area (Å²) in [7, 11) is 1.68. The van der Waals surface area contributed by atoms with Crippen molar-refractivity contribution in [2.75, 3.05) is 31.6 Å². The molecule has 1 saturated heterocycles. The van der Waals surface area contributed by atoms with Gasteiger partial charge in [0.1, 0.15) is 0 Å². The Balaban J connectivity index is 1.72. The van der Waals surface area contributed by atoms with Crippen LogP contribution in [0.2, 0.25) is 0 Å². The second-order valence-corrected chi connectivity index (χ2v) is 7.71. The summed E-state index contributed by atoms with van der Waals surface area (Å²) in [6.07, 6.45) is -3.00. The van der Waals surface area contributed by atoms with Gasteiger partial charge in [0.05, 0.1) is 27.7 Å². The number of aromatic nitrogens is 1. The largest absolute Gasteiger partial charge is 0.401 e. The van der Waals surface area contributed by atoms with E-state index in [-0.39, 0.29) is 12.5 Å². The monoisotopic (exact) mass is 371 g/mol. The van der Waals surface area contributed by atoms with E-state index < -0.39 is 18.6 Å². The predicted molar refractivity (Wildman–Crippen MR) is 93.0 cm³/mol. The van der Waals surface area contributed by atoms with Crippen molar-refractivity contribution in [1.29, 1.82) is 0 Å². The third-order valence-electron chi connectivity index (χ3n) is 4.45. The lowest BCUT2D eigenvalue weighted by Crippen LogP contribution is -2.46. The second kappa shape index (κ2) is 6.92. The molecular formula is C17H20F3N3OS. The Kier molecular flexibility index (Phi) is 5.02. The Morgan fingerprint density at radius 2 is 2.20 bits per heavy atom. The molecule has 3 rings (SSSR count). The van der Waals surface area contributed by atoms with Crippen LogP contribution >= 0.6 is 11.3 Å². The number of carbonyl (C=O) groups excluding carboxylic acids is 1. The van der Waals surface area contributed by atoms with Crippen molar-refractivity contribution in [3.05, 3.63) is 23.2 Å². The van der Waals surface area contributed by atoms with E-state index in [9.17, 15) is 18.0 Å². The van der Waals surface area contributed by atoms with Gasteiger partial charge < -0.3 is 4.90 Å². The van der Waals surface area contributed by atoms with Gasteiger partial charge >= 0.3 is 6.18 Å². The van der Waals surface area contributed by atoms with Gasteiger partial charge in [-0.05, 0) is 44.5 Å². The van der Waals surface area contributed by atoms with Gasteiger partial charge in [0.25, 0.3) is 0 Å². The number of nitrogens with zero attached hydrogens (tertiary/aromatic N) is 3. The highest BCUT2D eigenvalue weighted by Gasteiger charge is 2.35. The highest BCUT2D eigenvalue weighted by molar-refractivity contribution is 7.18. The Morgan fingerprint density at radius 1 is 1.44 bits per heavy atom. The maximum atomic E-state index is 12.8. The van der Waals surface area contributed by atoms with E-state index in [1.807, 2.05) is 25.1 Å². The molecule has 136 valence electrons. The number of fused-ring (bicyclic) bond motifs is 1. The molecule has 1 fully saturated rings. The minimum absolute atomic E-state index is 0.132. The van der Waals surface area contributed by atoms with Crippen molar-refractivity contribution in [3.63, 3.8) is 0 Å². The van der Waals surface area contributed by atoms with Crippen molar-refractivity contribution in [1.82, 2.24) is 9.88 Å². The number of benzene rings is 1. The van der Waals surface area contributed by atoms with Crippen LogP contribution in [0.15, 0.2) is 18.2 Å². The van der Waals surface area contributed by atoms with E-state index in [0.717, 1.165) is 20.9 Å². The van der Waals surface area contributed by atoms with Crippen LogP contribution in [0.25, 0.3) is 10.2 Å². The van der Waals surface area contributed by atoms with Gasteiger partial charge in [0.2, 0.25) is 5.91 Å². The number of thiazole rings is 1. The Labute approximate surface area is 148 Å². The van der Waals surface area contributed by atoms with E-state index in [1.165, 1.54) is 4.90 Å². The van der Waals surface area contributed by atoms with Gasteiger partial charge in [-0.2, -0.15) is 13.2 Å². The first-order chi connectivity index (χ1) is 11.7. The van der Waals surface area contributed by atoms with Crippen LogP contribution in [0.5, 0.6) is 0 Å². The highest BCUT2D eigenvalue weighted by atomic mass is 32.1. The lowest BCUT2D eigenvalue weighted by molar-refractivity contribution is -0.151. The fourth-order valence-corrected chi connectivity index (χ4v) is 4.15. The first kappa shape index (κ1) is 18.1. The number of aryl methyl sites for hydroxylation is 1. The molecule has 0 bridgehead atoms. The SMILES string of the molecule is Cc1nc2ccc(N(C)C(=O)C3CCCN(CC(F)(F)F)C3)cc2s1. The summed E-state index contributed by atoms with van der Waals surface area (Å²) >= 11 is 1.56. The molecule has 4 nitrogen and oxygen atoms in total. The highest BCUT2D eigenvalue weighted by Crippen LogP contribution is 2.29. The molecule has 1 aliphatic rings. The fourth-order valence-electron chi connectivity index (χ4n) is 3.29. The summed E-state index contributed by atoms with van der Waals surface area (Å²) in [4.78, 5) is 20.0. The van der Waals surface area contributed by atoms with E-state index in [0.29, 0.717) is 19.4 Å². The van der Waals surface area contributed by atoms with Crippen molar-refractivity contribution in [2.24, 2.45) is 5.92 Å². The summed E-state index contributed by atoms with van der Waals surface area (Å²) in [6, 6.07) is 5.61. The van der Waals surface area contributed by atoms with E-state index in [1.54, 1.807) is 23.3 Å². The number of amides is 1. The molecular weight excluding hydrogens is 351 g/mol. The number of rotatable bonds is 3. The molecule has 1 atom stereocenters. The zero-order valence-corrected chi connectivity index (χ0v) is 15.0. The lowest BCUT2D eigenvalue weighted by atomic mass is 9.96. The van der Waals surface area contributed by atoms with Crippen LogP contribution in [0, 0.1) is 12.8 Å². The maximum Gasteiger partial charge on any atom is 0.401 e. The van der Waals surface area contributed by atoms with Crippen molar-refractivity contribution in [2.45, 2.75) is 25.9 Å². The molecule has 1 amide bonds. The molecule has 1 unspecified atom stereocenters. The van der Waals surface area contributed by atoms with Crippen LogP contribution in [-0.2, 0) is 4.79 Å². The average Bonchev–Trinajstić information content (AvgIpc) is 2.91. The standard InChI is InChI=1S/C17H20F3N3OS/c1-11-21-14-6-5-13(8-15(14)25-11)22(2)16(24)12-4-3-7-23(9-12)10-17(18,19)20/h5-6,8,12H,3-4,7,9-10H2,1-2H3. The molecule has 8 heteroatoms.